The summed E-state index contributed by atoms with van der Waals surface area (Å²) >= 11 is 0. The first-order valence-corrected chi connectivity index (χ1v) is 9.03. The topological polar surface area (TPSA) is 66.0 Å². The van der Waals surface area contributed by atoms with Gasteiger partial charge in [0.15, 0.2) is 11.5 Å². The Hall–Kier alpha value is -3.15. The third-order valence-corrected chi connectivity index (χ3v) is 4.18. The van der Waals surface area contributed by atoms with Gasteiger partial charge in [-0.1, -0.05) is 6.07 Å². The zero-order valence-corrected chi connectivity index (χ0v) is 16.9. The summed E-state index contributed by atoms with van der Waals surface area (Å²) < 4.78 is 21.4. The van der Waals surface area contributed by atoms with E-state index in [1.54, 1.807) is 33.5 Å². The van der Waals surface area contributed by atoms with Crippen molar-refractivity contribution in [2.75, 3.05) is 27.9 Å². The van der Waals surface area contributed by atoms with Crippen LogP contribution in [0.25, 0.3) is 6.08 Å². The Morgan fingerprint density at radius 1 is 1.00 bits per heavy atom. The normalized spacial score (nSPS) is 11.8. The van der Waals surface area contributed by atoms with E-state index in [4.69, 9.17) is 18.9 Å². The van der Waals surface area contributed by atoms with Crippen molar-refractivity contribution in [3.8, 4) is 23.0 Å². The molecule has 1 N–H and O–H groups in total. The fourth-order valence-corrected chi connectivity index (χ4v) is 2.75. The van der Waals surface area contributed by atoms with Gasteiger partial charge in [0.1, 0.15) is 11.5 Å². The second-order valence-corrected chi connectivity index (χ2v) is 6.01. The lowest BCUT2D eigenvalue weighted by molar-refractivity contribution is -0.117. The number of amides is 1. The van der Waals surface area contributed by atoms with E-state index in [0.29, 0.717) is 29.6 Å². The highest BCUT2D eigenvalue weighted by Gasteiger charge is 2.14. The minimum Gasteiger partial charge on any atom is -0.497 e. The van der Waals surface area contributed by atoms with E-state index in [1.807, 2.05) is 44.2 Å². The molecular weight excluding hydrogens is 358 g/mol. The predicted molar refractivity (Wildman–Crippen MR) is 109 cm³/mol. The number of rotatable bonds is 9. The van der Waals surface area contributed by atoms with E-state index < -0.39 is 0 Å². The van der Waals surface area contributed by atoms with Gasteiger partial charge in [-0.25, -0.2) is 0 Å². The first kappa shape index (κ1) is 21.2. The fraction of sp³-hybridized carbons (Fsp3) is 0.318. The van der Waals surface area contributed by atoms with Crippen LogP contribution in [0, 0.1) is 0 Å². The minimum atomic E-state index is -0.229. The number of hydrogen-bond donors (Lipinski definition) is 1. The van der Waals surface area contributed by atoms with Gasteiger partial charge in [0.2, 0.25) is 5.91 Å². The smallest absolute Gasteiger partial charge is 0.244 e. The Morgan fingerprint density at radius 3 is 2.39 bits per heavy atom. The van der Waals surface area contributed by atoms with Crippen LogP contribution in [0.3, 0.4) is 0 Å². The van der Waals surface area contributed by atoms with Crippen LogP contribution in [0.4, 0.5) is 0 Å². The summed E-state index contributed by atoms with van der Waals surface area (Å²) in [6.45, 7) is 4.37. The van der Waals surface area contributed by atoms with Crippen LogP contribution in [0.2, 0.25) is 0 Å². The van der Waals surface area contributed by atoms with Crippen LogP contribution in [-0.2, 0) is 4.79 Å². The van der Waals surface area contributed by atoms with Crippen molar-refractivity contribution < 1.29 is 23.7 Å². The highest BCUT2D eigenvalue weighted by Crippen LogP contribution is 2.30. The highest BCUT2D eigenvalue weighted by molar-refractivity contribution is 5.92. The largest absolute Gasteiger partial charge is 0.497 e. The molecule has 0 saturated heterocycles. The average Bonchev–Trinajstić information content (AvgIpc) is 2.72. The second kappa shape index (κ2) is 10.3. The summed E-state index contributed by atoms with van der Waals surface area (Å²) in [6.07, 6.45) is 3.22. The maximum absolute atomic E-state index is 12.3. The fourth-order valence-electron chi connectivity index (χ4n) is 2.75. The third-order valence-electron chi connectivity index (χ3n) is 4.18. The molecule has 0 spiro atoms. The Bertz CT molecular complexity index is 832. The molecule has 0 fully saturated rings. The van der Waals surface area contributed by atoms with Crippen LogP contribution in [0.15, 0.2) is 42.5 Å². The van der Waals surface area contributed by atoms with Gasteiger partial charge >= 0.3 is 0 Å². The summed E-state index contributed by atoms with van der Waals surface area (Å²) in [5.41, 5.74) is 1.71. The number of nitrogens with one attached hydrogen (secondary N) is 1. The van der Waals surface area contributed by atoms with Gasteiger partial charge in [0.25, 0.3) is 0 Å². The van der Waals surface area contributed by atoms with E-state index in [2.05, 4.69) is 5.32 Å². The molecule has 6 nitrogen and oxygen atoms in total. The van der Waals surface area contributed by atoms with Gasteiger partial charge in [-0.3, -0.25) is 4.79 Å². The second-order valence-electron chi connectivity index (χ2n) is 6.01. The van der Waals surface area contributed by atoms with E-state index in [0.717, 1.165) is 11.1 Å². The summed E-state index contributed by atoms with van der Waals surface area (Å²) in [5.74, 6) is 2.45. The van der Waals surface area contributed by atoms with Crippen molar-refractivity contribution in [1.29, 1.82) is 0 Å². The van der Waals surface area contributed by atoms with E-state index in [9.17, 15) is 4.79 Å². The number of methoxy groups -OCH3 is 3. The molecule has 0 saturated carbocycles. The third kappa shape index (κ3) is 5.42. The molecule has 0 aliphatic carbocycles. The van der Waals surface area contributed by atoms with Gasteiger partial charge in [0.05, 0.1) is 34.0 Å². The molecule has 2 rings (SSSR count). The molecule has 28 heavy (non-hydrogen) atoms. The first-order valence-electron chi connectivity index (χ1n) is 9.03. The molecule has 150 valence electrons. The zero-order valence-electron chi connectivity index (χ0n) is 16.9. The summed E-state index contributed by atoms with van der Waals surface area (Å²) in [5, 5.41) is 2.94. The summed E-state index contributed by atoms with van der Waals surface area (Å²) in [6, 6.07) is 10.8. The molecule has 1 amide bonds. The number of benzene rings is 2. The Labute approximate surface area is 166 Å². The molecule has 2 aromatic rings. The standard InChI is InChI=1S/C22H27NO5/c1-6-28-19-11-7-16(13-21(19)27-5)8-12-22(24)23-15(2)18-10-9-17(25-3)14-20(18)26-4/h7-15H,6H2,1-5H3,(H,23,24). The van der Waals surface area contributed by atoms with E-state index in [1.165, 1.54) is 6.08 Å². The molecule has 0 aliphatic heterocycles. The maximum atomic E-state index is 12.3. The number of carbonyl (C=O) groups excluding carboxylic acids is 1. The summed E-state index contributed by atoms with van der Waals surface area (Å²) in [7, 11) is 4.77. The van der Waals surface area contributed by atoms with E-state index >= 15 is 0 Å². The van der Waals surface area contributed by atoms with Gasteiger partial charge in [-0.05, 0) is 49.8 Å². The van der Waals surface area contributed by atoms with Crippen LogP contribution in [0.1, 0.15) is 31.0 Å². The first-order chi connectivity index (χ1) is 13.5. The lowest BCUT2D eigenvalue weighted by Crippen LogP contribution is -2.25. The average molecular weight is 385 g/mol. The van der Waals surface area contributed by atoms with Crippen molar-refractivity contribution in [2.24, 2.45) is 0 Å². The number of ether oxygens (including phenoxy) is 4. The molecular formula is C22H27NO5. The van der Waals surface area contributed by atoms with Crippen molar-refractivity contribution in [3.05, 3.63) is 53.6 Å². The molecule has 1 unspecified atom stereocenters. The number of hydrogen-bond acceptors (Lipinski definition) is 5. The van der Waals surface area contributed by atoms with Gasteiger partial charge in [-0.15, -0.1) is 0 Å². The molecule has 2 aromatic carbocycles. The molecule has 0 radical (unpaired) electrons. The van der Waals surface area contributed by atoms with Crippen LogP contribution < -0.4 is 24.3 Å². The Kier molecular flexibility index (Phi) is 7.75. The van der Waals surface area contributed by atoms with Crippen LogP contribution >= 0.6 is 0 Å². The zero-order chi connectivity index (χ0) is 20.5. The highest BCUT2D eigenvalue weighted by atomic mass is 16.5. The van der Waals surface area contributed by atoms with Gasteiger partial charge in [-0.2, -0.15) is 0 Å². The maximum Gasteiger partial charge on any atom is 0.244 e. The molecule has 0 aliphatic rings. The lowest BCUT2D eigenvalue weighted by Gasteiger charge is -2.17. The SMILES string of the molecule is CCOc1ccc(C=CC(=O)NC(C)c2ccc(OC)cc2OC)cc1OC. The number of carbonyl (C=O) groups is 1. The van der Waals surface area contributed by atoms with Crippen LogP contribution in [-0.4, -0.2) is 33.8 Å². The quantitative estimate of drug-likeness (QED) is 0.661. The predicted octanol–water partition coefficient (Wildman–Crippen LogP) is 4.00. The Morgan fingerprint density at radius 2 is 1.75 bits per heavy atom. The van der Waals surface area contributed by atoms with E-state index in [-0.39, 0.29) is 11.9 Å². The molecule has 1 atom stereocenters. The van der Waals surface area contributed by atoms with Crippen molar-refractivity contribution in [1.82, 2.24) is 5.32 Å². The summed E-state index contributed by atoms with van der Waals surface area (Å²) in [4.78, 5) is 12.3. The molecule has 6 heteroatoms. The lowest BCUT2D eigenvalue weighted by atomic mass is 10.1. The van der Waals surface area contributed by atoms with Gasteiger partial charge < -0.3 is 24.3 Å². The molecule has 0 bridgehead atoms. The van der Waals surface area contributed by atoms with Gasteiger partial charge in [0, 0.05) is 17.7 Å². The van der Waals surface area contributed by atoms with Crippen molar-refractivity contribution in [2.45, 2.75) is 19.9 Å². The van der Waals surface area contributed by atoms with Crippen molar-refractivity contribution in [3.63, 3.8) is 0 Å². The monoisotopic (exact) mass is 385 g/mol. The minimum absolute atomic E-state index is 0.210. The molecule has 0 aromatic heterocycles. The molecule has 0 heterocycles. The Balaban J connectivity index is 2.07. The van der Waals surface area contributed by atoms with Crippen molar-refractivity contribution >= 4 is 12.0 Å². The van der Waals surface area contributed by atoms with Crippen LogP contribution in [0.5, 0.6) is 23.0 Å².